The number of ether oxygens (including phenoxy) is 1. The van der Waals surface area contributed by atoms with Gasteiger partial charge in [-0.05, 0) is 52.6 Å². The monoisotopic (exact) mass is 452 g/mol. The van der Waals surface area contributed by atoms with Crippen molar-refractivity contribution in [2.24, 2.45) is 0 Å². The molecule has 1 aliphatic rings. The molecule has 0 spiro atoms. The Balaban J connectivity index is 1.36. The molecule has 1 aliphatic heterocycles. The lowest BCUT2D eigenvalue weighted by atomic mass is 9.75. The number of para-hydroxylation sites is 2. The summed E-state index contributed by atoms with van der Waals surface area (Å²) in [6, 6.07) is 38.2. The van der Waals surface area contributed by atoms with Crippen molar-refractivity contribution >= 4 is 21.9 Å². The van der Waals surface area contributed by atoms with Crippen LogP contribution in [0.25, 0.3) is 44.2 Å². The summed E-state index contributed by atoms with van der Waals surface area (Å²) in [6.45, 7) is 4.53. The lowest BCUT2D eigenvalue weighted by Gasteiger charge is -2.34. The number of benzene rings is 5. The van der Waals surface area contributed by atoms with Gasteiger partial charge in [-0.25, -0.2) is 0 Å². The first-order chi connectivity index (χ1) is 17.1. The van der Waals surface area contributed by atoms with E-state index in [0.29, 0.717) is 0 Å². The SMILES string of the molecule is CC1(C)c2ccccc2Oc2cc(-c3ccccc3-c3ccc4c(c3)oc3ccccc34)ccc21. The molecule has 0 N–H and O–H groups in total. The second kappa shape index (κ2) is 7.35. The topological polar surface area (TPSA) is 22.4 Å². The molecule has 6 aromatic rings. The van der Waals surface area contributed by atoms with Gasteiger partial charge < -0.3 is 9.15 Å². The minimum Gasteiger partial charge on any atom is -0.457 e. The van der Waals surface area contributed by atoms with Gasteiger partial charge in [-0.2, -0.15) is 0 Å². The molecule has 2 heterocycles. The van der Waals surface area contributed by atoms with Gasteiger partial charge in [0.2, 0.25) is 0 Å². The molecule has 0 atom stereocenters. The zero-order chi connectivity index (χ0) is 23.6. The smallest absolute Gasteiger partial charge is 0.136 e. The van der Waals surface area contributed by atoms with Crippen molar-refractivity contribution in [1.29, 1.82) is 0 Å². The van der Waals surface area contributed by atoms with Gasteiger partial charge in [-0.1, -0.05) is 92.7 Å². The zero-order valence-electron chi connectivity index (χ0n) is 19.7. The second-order valence-electron chi connectivity index (χ2n) is 9.79. The van der Waals surface area contributed by atoms with Crippen molar-refractivity contribution in [3.63, 3.8) is 0 Å². The third kappa shape index (κ3) is 3.03. The number of fused-ring (bicyclic) bond motifs is 5. The van der Waals surface area contributed by atoms with Crippen molar-refractivity contribution in [2.75, 3.05) is 0 Å². The van der Waals surface area contributed by atoms with Crippen molar-refractivity contribution in [1.82, 2.24) is 0 Å². The van der Waals surface area contributed by atoms with E-state index >= 15 is 0 Å². The summed E-state index contributed by atoms with van der Waals surface area (Å²) in [7, 11) is 0. The van der Waals surface area contributed by atoms with E-state index in [-0.39, 0.29) is 5.41 Å². The summed E-state index contributed by atoms with van der Waals surface area (Å²) in [4.78, 5) is 0. The summed E-state index contributed by atoms with van der Waals surface area (Å²) >= 11 is 0. The number of hydrogen-bond acceptors (Lipinski definition) is 2. The van der Waals surface area contributed by atoms with Gasteiger partial charge in [-0.15, -0.1) is 0 Å². The lowest BCUT2D eigenvalue weighted by Crippen LogP contribution is -2.24. The molecule has 0 saturated heterocycles. The van der Waals surface area contributed by atoms with E-state index in [1.165, 1.54) is 22.3 Å². The third-order valence-corrected chi connectivity index (χ3v) is 7.36. The fourth-order valence-electron chi connectivity index (χ4n) is 5.51. The highest BCUT2D eigenvalue weighted by molar-refractivity contribution is 6.06. The zero-order valence-corrected chi connectivity index (χ0v) is 19.7. The van der Waals surface area contributed by atoms with Crippen molar-refractivity contribution in [2.45, 2.75) is 19.3 Å². The molecular weight excluding hydrogens is 428 g/mol. The summed E-state index contributed by atoms with van der Waals surface area (Å²) in [6.07, 6.45) is 0. The van der Waals surface area contributed by atoms with Crippen LogP contribution in [0.2, 0.25) is 0 Å². The molecule has 0 radical (unpaired) electrons. The molecule has 35 heavy (non-hydrogen) atoms. The number of rotatable bonds is 2. The van der Waals surface area contributed by atoms with Crippen molar-refractivity contribution in [3.05, 3.63) is 120 Å². The largest absolute Gasteiger partial charge is 0.457 e. The van der Waals surface area contributed by atoms with Gasteiger partial charge in [0, 0.05) is 27.3 Å². The Morgan fingerprint density at radius 3 is 2.00 bits per heavy atom. The molecule has 2 heteroatoms. The van der Waals surface area contributed by atoms with Crippen molar-refractivity contribution < 1.29 is 9.15 Å². The predicted octanol–water partition coefficient (Wildman–Crippen LogP) is 9.35. The quantitative estimate of drug-likeness (QED) is 0.261. The Bertz CT molecular complexity index is 1750. The molecule has 0 amide bonds. The highest BCUT2D eigenvalue weighted by Gasteiger charge is 2.34. The Kier molecular flexibility index (Phi) is 4.22. The van der Waals surface area contributed by atoms with E-state index in [2.05, 4.69) is 105 Å². The summed E-state index contributed by atoms with van der Waals surface area (Å²) < 4.78 is 12.6. The molecule has 0 saturated carbocycles. The van der Waals surface area contributed by atoms with E-state index in [1.807, 2.05) is 18.2 Å². The summed E-state index contributed by atoms with van der Waals surface area (Å²) in [5.74, 6) is 1.86. The van der Waals surface area contributed by atoms with Gasteiger partial charge in [-0.3, -0.25) is 0 Å². The maximum Gasteiger partial charge on any atom is 0.136 e. The van der Waals surface area contributed by atoms with E-state index < -0.39 is 0 Å². The molecule has 1 aromatic heterocycles. The minimum absolute atomic E-state index is 0.117. The van der Waals surface area contributed by atoms with Crippen LogP contribution in [0.15, 0.2) is 114 Å². The van der Waals surface area contributed by atoms with E-state index in [9.17, 15) is 0 Å². The van der Waals surface area contributed by atoms with Crippen LogP contribution >= 0.6 is 0 Å². The van der Waals surface area contributed by atoms with Crippen LogP contribution in [0.3, 0.4) is 0 Å². The molecular formula is C33H24O2. The van der Waals surface area contributed by atoms with Gasteiger partial charge in [0.15, 0.2) is 0 Å². The second-order valence-corrected chi connectivity index (χ2v) is 9.79. The average molecular weight is 453 g/mol. The summed E-state index contributed by atoms with van der Waals surface area (Å²) in [5.41, 5.74) is 8.76. The summed E-state index contributed by atoms with van der Waals surface area (Å²) in [5, 5.41) is 2.29. The van der Waals surface area contributed by atoms with E-state index in [4.69, 9.17) is 9.15 Å². The molecule has 0 unspecified atom stereocenters. The Morgan fingerprint density at radius 1 is 0.514 bits per heavy atom. The van der Waals surface area contributed by atoms with Gasteiger partial charge in [0.1, 0.15) is 22.7 Å². The van der Waals surface area contributed by atoms with Crippen LogP contribution in [0, 0.1) is 0 Å². The average Bonchev–Trinajstić information content (AvgIpc) is 3.26. The van der Waals surface area contributed by atoms with E-state index in [0.717, 1.165) is 44.6 Å². The molecule has 168 valence electrons. The Morgan fingerprint density at radius 2 is 1.14 bits per heavy atom. The van der Waals surface area contributed by atoms with E-state index in [1.54, 1.807) is 0 Å². The molecule has 7 rings (SSSR count). The Hall–Kier alpha value is -4.30. The predicted molar refractivity (Wildman–Crippen MR) is 143 cm³/mol. The normalized spacial score (nSPS) is 13.9. The first-order valence-corrected chi connectivity index (χ1v) is 12.0. The fourth-order valence-corrected chi connectivity index (χ4v) is 5.51. The Labute approximate surface area is 204 Å². The van der Waals surface area contributed by atoms with Crippen molar-refractivity contribution in [3.8, 4) is 33.8 Å². The molecule has 5 aromatic carbocycles. The minimum atomic E-state index is -0.117. The standard InChI is InChI=1S/C33H24O2/c1-33(2)27-12-6-8-14-30(27)35-32-20-22(16-18-28(32)33)24-10-4-3-9-23(24)21-15-17-26-25-11-5-7-13-29(25)34-31(26)19-21/h3-20H,1-2H3. The molecule has 0 bridgehead atoms. The van der Waals surface area contributed by atoms with Crippen LogP contribution in [-0.2, 0) is 5.41 Å². The maximum atomic E-state index is 6.40. The van der Waals surface area contributed by atoms with Crippen LogP contribution in [0.4, 0.5) is 0 Å². The maximum absolute atomic E-state index is 6.40. The molecule has 2 nitrogen and oxygen atoms in total. The first kappa shape index (κ1) is 20.1. The van der Waals surface area contributed by atoms with Crippen LogP contribution < -0.4 is 4.74 Å². The van der Waals surface area contributed by atoms with Gasteiger partial charge >= 0.3 is 0 Å². The van der Waals surface area contributed by atoms with Crippen LogP contribution in [0.1, 0.15) is 25.0 Å². The highest BCUT2D eigenvalue weighted by atomic mass is 16.5. The fraction of sp³-hybridized carbons (Fsp3) is 0.0909. The highest BCUT2D eigenvalue weighted by Crippen LogP contribution is 2.49. The number of furan rings is 1. The van der Waals surface area contributed by atoms with Gasteiger partial charge in [0.25, 0.3) is 0 Å². The lowest BCUT2D eigenvalue weighted by molar-refractivity contribution is 0.418. The van der Waals surface area contributed by atoms with Gasteiger partial charge in [0.05, 0.1) is 0 Å². The molecule has 0 aliphatic carbocycles. The first-order valence-electron chi connectivity index (χ1n) is 12.0. The third-order valence-electron chi connectivity index (χ3n) is 7.36. The molecule has 0 fully saturated rings. The van der Waals surface area contributed by atoms with Crippen LogP contribution in [0.5, 0.6) is 11.5 Å². The van der Waals surface area contributed by atoms with Crippen LogP contribution in [-0.4, -0.2) is 0 Å². The number of hydrogen-bond donors (Lipinski definition) is 0.